The zero-order valence-corrected chi connectivity index (χ0v) is 12.0. The fraction of sp³-hybridized carbons (Fsp3) is 0.133. The van der Waals surface area contributed by atoms with E-state index in [2.05, 4.69) is 22.0 Å². The quantitative estimate of drug-likeness (QED) is 0.825. The standard InChI is InChI=1S/C15H12BrFN2/c1-2-19(13-6-4-12(17)5-7-13)15-8-3-11(10-18)9-14(15)16/h3-9H,2H2,1H3. The molecule has 0 saturated carbocycles. The van der Waals surface area contributed by atoms with Gasteiger partial charge in [-0.2, -0.15) is 5.26 Å². The number of halogens is 2. The molecule has 2 aromatic carbocycles. The highest BCUT2D eigenvalue weighted by Gasteiger charge is 2.11. The molecule has 0 unspecified atom stereocenters. The largest absolute Gasteiger partial charge is 0.341 e. The second-order valence-electron chi connectivity index (χ2n) is 4.00. The fourth-order valence-electron chi connectivity index (χ4n) is 1.91. The van der Waals surface area contributed by atoms with E-state index in [4.69, 9.17) is 5.26 Å². The summed E-state index contributed by atoms with van der Waals surface area (Å²) in [5.74, 6) is -0.251. The van der Waals surface area contributed by atoms with Gasteiger partial charge in [0, 0.05) is 16.7 Å². The molecule has 19 heavy (non-hydrogen) atoms. The van der Waals surface area contributed by atoms with Crippen molar-refractivity contribution in [2.75, 3.05) is 11.4 Å². The molecule has 0 amide bonds. The van der Waals surface area contributed by atoms with Gasteiger partial charge in [-0.05, 0) is 65.3 Å². The molecule has 2 aromatic rings. The van der Waals surface area contributed by atoms with E-state index in [-0.39, 0.29) is 5.82 Å². The van der Waals surface area contributed by atoms with E-state index in [0.717, 1.165) is 22.4 Å². The van der Waals surface area contributed by atoms with Crippen LogP contribution < -0.4 is 4.90 Å². The molecule has 96 valence electrons. The van der Waals surface area contributed by atoms with Gasteiger partial charge in [0.15, 0.2) is 0 Å². The van der Waals surface area contributed by atoms with E-state index in [1.165, 1.54) is 12.1 Å². The van der Waals surface area contributed by atoms with Crippen LogP contribution in [0.4, 0.5) is 15.8 Å². The maximum absolute atomic E-state index is 13.0. The maximum Gasteiger partial charge on any atom is 0.123 e. The van der Waals surface area contributed by atoms with E-state index in [1.54, 1.807) is 24.3 Å². The molecule has 0 bridgehead atoms. The first-order valence-electron chi connectivity index (χ1n) is 5.88. The Kier molecular flexibility index (Phi) is 4.18. The minimum Gasteiger partial charge on any atom is -0.341 e. The van der Waals surface area contributed by atoms with Crippen LogP contribution in [0.15, 0.2) is 46.9 Å². The van der Waals surface area contributed by atoms with Gasteiger partial charge in [0.25, 0.3) is 0 Å². The third-order valence-electron chi connectivity index (χ3n) is 2.82. The molecule has 0 N–H and O–H groups in total. The smallest absolute Gasteiger partial charge is 0.123 e. The summed E-state index contributed by atoms with van der Waals surface area (Å²) in [5, 5.41) is 8.87. The van der Waals surface area contributed by atoms with Crippen molar-refractivity contribution in [1.82, 2.24) is 0 Å². The van der Waals surface area contributed by atoms with Crippen molar-refractivity contribution in [1.29, 1.82) is 5.26 Å². The molecule has 0 aliphatic heterocycles. The average Bonchev–Trinajstić information content (AvgIpc) is 2.43. The molecule has 0 aliphatic rings. The lowest BCUT2D eigenvalue weighted by atomic mass is 10.2. The maximum atomic E-state index is 13.0. The predicted molar refractivity (Wildman–Crippen MR) is 77.9 cm³/mol. The Bertz CT molecular complexity index is 617. The number of nitrogens with zero attached hydrogens (tertiary/aromatic N) is 2. The lowest BCUT2D eigenvalue weighted by Gasteiger charge is -2.24. The molecule has 0 fully saturated rings. The number of hydrogen-bond donors (Lipinski definition) is 0. The van der Waals surface area contributed by atoms with Gasteiger partial charge in [0.2, 0.25) is 0 Å². The molecule has 0 spiro atoms. The summed E-state index contributed by atoms with van der Waals surface area (Å²) in [6, 6.07) is 13.9. The SMILES string of the molecule is CCN(c1ccc(F)cc1)c1ccc(C#N)cc1Br. The molecule has 4 heteroatoms. The Morgan fingerprint density at radius 1 is 1.21 bits per heavy atom. The van der Waals surface area contributed by atoms with Crippen LogP contribution in [0, 0.1) is 17.1 Å². The first-order valence-corrected chi connectivity index (χ1v) is 6.67. The molecule has 0 heterocycles. The van der Waals surface area contributed by atoms with Crippen LogP contribution in [0.3, 0.4) is 0 Å². The van der Waals surface area contributed by atoms with Crippen molar-refractivity contribution in [2.45, 2.75) is 6.92 Å². The summed E-state index contributed by atoms with van der Waals surface area (Å²) in [7, 11) is 0. The number of benzene rings is 2. The van der Waals surface area contributed by atoms with Crippen LogP contribution in [0.1, 0.15) is 12.5 Å². The second-order valence-corrected chi connectivity index (χ2v) is 4.85. The van der Waals surface area contributed by atoms with Gasteiger partial charge in [0.1, 0.15) is 5.82 Å². The molecule has 0 aliphatic carbocycles. The van der Waals surface area contributed by atoms with E-state index >= 15 is 0 Å². The van der Waals surface area contributed by atoms with Crippen LogP contribution in [-0.4, -0.2) is 6.54 Å². The van der Waals surface area contributed by atoms with Crippen molar-refractivity contribution in [3.8, 4) is 6.07 Å². The van der Waals surface area contributed by atoms with Crippen LogP contribution in [-0.2, 0) is 0 Å². The second kappa shape index (κ2) is 5.85. The predicted octanol–water partition coefficient (Wildman–Crippen LogP) is 4.62. The Morgan fingerprint density at radius 3 is 2.42 bits per heavy atom. The number of hydrogen-bond acceptors (Lipinski definition) is 2. The minimum absolute atomic E-state index is 0.251. The molecular weight excluding hydrogens is 307 g/mol. The van der Waals surface area contributed by atoms with Gasteiger partial charge < -0.3 is 4.90 Å². The summed E-state index contributed by atoms with van der Waals surface area (Å²) in [4.78, 5) is 2.05. The summed E-state index contributed by atoms with van der Waals surface area (Å²) in [6.07, 6.45) is 0. The van der Waals surface area contributed by atoms with Gasteiger partial charge in [-0.1, -0.05) is 0 Å². The van der Waals surface area contributed by atoms with Gasteiger partial charge >= 0.3 is 0 Å². The van der Waals surface area contributed by atoms with E-state index in [0.29, 0.717) is 5.56 Å². The molecule has 0 saturated heterocycles. The average molecular weight is 319 g/mol. The topological polar surface area (TPSA) is 27.0 Å². The van der Waals surface area contributed by atoms with Crippen LogP contribution in [0.2, 0.25) is 0 Å². The van der Waals surface area contributed by atoms with Crippen LogP contribution >= 0.6 is 15.9 Å². The van der Waals surface area contributed by atoms with Crippen LogP contribution in [0.25, 0.3) is 0 Å². The highest BCUT2D eigenvalue weighted by Crippen LogP contribution is 2.32. The number of rotatable bonds is 3. The van der Waals surface area contributed by atoms with Crippen molar-refractivity contribution in [3.05, 3.63) is 58.3 Å². The van der Waals surface area contributed by atoms with Gasteiger partial charge in [-0.15, -0.1) is 0 Å². The van der Waals surface area contributed by atoms with Gasteiger partial charge in [0.05, 0.1) is 17.3 Å². The van der Waals surface area contributed by atoms with E-state index in [1.807, 2.05) is 17.9 Å². The lowest BCUT2D eigenvalue weighted by molar-refractivity contribution is 0.628. The number of nitriles is 1. The fourth-order valence-corrected chi connectivity index (χ4v) is 2.50. The van der Waals surface area contributed by atoms with Gasteiger partial charge in [-0.25, -0.2) is 4.39 Å². The number of anilines is 2. The monoisotopic (exact) mass is 318 g/mol. The zero-order valence-electron chi connectivity index (χ0n) is 10.4. The van der Waals surface area contributed by atoms with E-state index in [9.17, 15) is 4.39 Å². The van der Waals surface area contributed by atoms with E-state index < -0.39 is 0 Å². The Hall–Kier alpha value is -1.86. The Morgan fingerprint density at radius 2 is 1.89 bits per heavy atom. The van der Waals surface area contributed by atoms with Gasteiger partial charge in [-0.3, -0.25) is 0 Å². The summed E-state index contributed by atoms with van der Waals surface area (Å²) >= 11 is 3.47. The van der Waals surface area contributed by atoms with Crippen molar-refractivity contribution >= 4 is 27.3 Å². The molecule has 0 radical (unpaired) electrons. The molecule has 2 nitrogen and oxygen atoms in total. The molecular formula is C15H12BrFN2. The van der Waals surface area contributed by atoms with Crippen LogP contribution in [0.5, 0.6) is 0 Å². The third-order valence-corrected chi connectivity index (χ3v) is 3.46. The van der Waals surface area contributed by atoms with Crippen molar-refractivity contribution in [2.24, 2.45) is 0 Å². The normalized spacial score (nSPS) is 10.0. The minimum atomic E-state index is -0.251. The Labute approximate surface area is 120 Å². The Balaban J connectivity index is 2.42. The summed E-state index contributed by atoms with van der Waals surface area (Å²) in [5.41, 5.74) is 2.47. The highest BCUT2D eigenvalue weighted by molar-refractivity contribution is 9.10. The summed E-state index contributed by atoms with van der Waals surface area (Å²) < 4.78 is 13.8. The zero-order chi connectivity index (χ0) is 13.8. The lowest BCUT2D eigenvalue weighted by Crippen LogP contribution is -2.16. The molecule has 0 atom stereocenters. The first-order chi connectivity index (χ1) is 9.15. The summed E-state index contributed by atoms with van der Waals surface area (Å²) in [6.45, 7) is 2.77. The first kappa shape index (κ1) is 13.6. The highest BCUT2D eigenvalue weighted by atomic mass is 79.9. The molecule has 2 rings (SSSR count). The molecule has 0 aromatic heterocycles. The van der Waals surface area contributed by atoms with Crippen molar-refractivity contribution in [3.63, 3.8) is 0 Å². The third kappa shape index (κ3) is 2.94. The van der Waals surface area contributed by atoms with Crippen molar-refractivity contribution < 1.29 is 4.39 Å².